The maximum atomic E-state index is 13.4. The van der Waals surface area contributed by atoms with Gasteiger partial charge in [0.2, 0.25) is 0 Å². The molecule has 0 radical (unpaired) electrons. The summed E-state index contributed by atoms with van der Waals surface area (Å²) < 4.78 is 2.32. The van der Waals surface area contributed by atoms with Gasteiger partial charge in [-0.25, -0.2) is 9.97 Å². The predicted octanol–water partition coefficient (Wildman–Crippen LogP) is 5.69. The van der Waals surface area contributed by atoms with Crippen LogP contribution in [0.15, 0.2) is 42.6 Å². The van der Waals surface area contributed by atoms with E-state index in [1.165, 1.54) is 12.8 Å². The summed E-state index contributed by atoms with van der Waals surface area (Å²) in [5.74, 6) is 1.05. The largest absolute Gasteiger partial charge is 0.331 e. The van der Waals surface area contributed by atoms with E-state index in [0.29, 0.717) is 12.6 Å². The van der Waals surface area contributed by atoms with E-state index in [4.69, 9.17) is 4.98 Å². The second kappa shape index (κ2) is 9.41. The Morgan fingerprint density at radius 3 is 2.63 bits per heavy atom. The molecule has 0 N–H and O–H groups in total. The number of rotatable bonds is 8. The standard InChI is InChI=1S/C25H32N4O/c1-3-4-7-17-28(25(30)20-14-12-19(2)13-15-20)18-23-27-22-11-8-16-26-24(22)29(23)21-9-5-6-10-21/h8,11-16,21H,3-7,9-10,17-18H2,1-2H3. The Hall–Kier alpha value is -2.69. The first-order valence-corrected chi connectivity index (χ1v) is 11.3. The van der Waals surface area contributed by atoms with Crippen LogP contribution in [0.4, 0.5) is 0 Å². The van der Waals surface area contributed by atoms with Gasteiger partial charge in [0, 0.05) is 24.3 Å². The van der Waals surface area contributed by atoms with E-state index in [-0.39, 0.29) is 5.91 Å². The summed E-state index contributed by atoms with van der Waals surface area (Å²) in [6, 6.07) is 12.3. The molecule has 3 aromatic rings. The fraction of sp³-hybridized carbons (Fsp3) is 0.480. The average molecular weight is 405 g/mol. The lowest BCUT2D eigenvalue weighted by atomic mass is 10.1. The number of benzene rings is 1. The third-order valence-electron chi connectivity index (χ3n) is 6.16. The minimum absolute atomic E-state index is 0.0871. The Labute approximate surface area is 179 Å². The van der Waals surface area contributed by atoms with Crippen molar-refractivity contribution in [1.82, 2.24) is 19.4 Å². The average Bonchev–Trinajstić information content (AvgIpc) is 3.40. The van der Waals surface area contributed by atoms with Gasteiger partial charge in [0.25, 0.3) is 5.91 Å². The monoisotopic (exact) mass is 404 g/mol. The summed E-state index contributed by atoms with van der Waals surface area (Å²) in [4.78, 5) is 24.9. The fourth-order valence-electron chi connectivity index (χ4n) is 4.49. The van der Waals surface area contributed by atoms with E-state index in [0.717, 1.165) is 66.8 Å². The van der Waals surface area contributed by atoms with Crippen LogP contribution in [0, 0.1) is 6.92 Å². The lowest BCUT2D eigenvalue weighted by Crippen LogP contribution is -2.33. The van der Waals surface area contributed by atoms with Gasteiger partial charge in [0.1, 0.15) is 11.3 Å². The quantitative estimate of drug-likeness (QED) is 0.453. The molecule has 4 rings (SSSR count). The highest BCUT2D eigenvalue weighted by Gasteiger charge is 2.25. The summed E-state index contributed by atoms with van der Waals surface area (Å²) in [5.41, 5.74) is 3.79. The molecule has 158 valence electrons. The predicted molar refractivity (Wildman–Crippen MR) is 120 cm³/mol. The van der Waals surface area contributed by atoms with Crippen molar-refractivity contribution in [3.63, 3.8) is 0 Å². The third-order valence-corrected chi connectivity index (χ3v) is 6.16. The number of carbonyl (C=O) groups excluding carboxylic acids is 1. The number of fused-ring (bicyclic) bond motifs is 1. The summed E-state index contributed by atoms with van der Waals surface area (Å²) in [5, 5.41) is 0. The normalized spacial score (nSPS) is 14.5. The van der Waals surface area contributed by atoms with E-state index < -0.39 is 0 Å². The van der Waals surface area contributed by atoms with Gasteiger partial charge in [0.05, 0.1) is 6.54 Å². The molecule has 0 atom stereocenters. The third kappa shape index (κ3) is 4.40. The van der Waals surface area contributed by atoms with Gasteiger partial charge in [0.15, 0.2) is 5.65 Å². The van der Waals surface area contributed by atoms with Crippen LogP contribution in [-0.2, 0) is 6.54 Å². The molecule has 5 nitrogen and oxygen atoms in total. The number of imidazole rings is 1. The molecular weight excluding hydrogens is 372 g/mol. The number of aromatic nitrogens is 3. The minimum atomic E-state index is 0.0871. The lowest BCUT2D eigenvalue weighted by molar-refractivity contribution is 0.0733. The van der Waals surface area contributed by atoms with Crippen molar-refractivity contribution in [3.05, 3.63) is 59.5 Å². The van der Waals surface area contributed by atoms with Crippen LogP contribution in [0.25, 0.3) is 11.2 Å². The van der Waals surface area contributed by atoms with Gasteiger partial charge in [-0.1, -0.05) is 50.3 Å². The molecule has 1 fully saturated rings. The van der Waals surface area contributed by atoms with Crippen molar-refractivity contribution < 1.29 is 4.79 Å². The fourth-order valence-corrected chi connectivity index (χ4v) is 4.49. The first kappa shape index (κ1) is 20.6. The molecule has 1 aliphatic rings. The molecule has 1 amide bonds. The molecular formula is C25H32N4O. The van der Waals surface area contributed by atoms with Crippen molar-refractivity contribution in [2.24, 2.45) is 0 Å². The first-order chi connectivity index (χ1) is 14.7. The van der Waals surface area contributed by atoms with Gasteiger partial charge in [-0.2, -0.15) is 0 Å². The maximum Gasteiger partial charge on any atom is 0.254 e. The van der Waals surface area contributed by atoms with Gasteiger partial charge in [-0.05, 0) is 50.5 Å². The first-order valence-electron chi connectivity index (χ1n) is 11.3. The summed E-state index contributed by atoms with van der Waals surface area (Å²) in [6.07, 6.45) is 9.94. The highest BCUT2D eigenvalue weighted by atomic mass is 16.2. The second-order valence-corrected chi connectivity index (χ2v) is 8.48. The molecule has 0 bridgehead atoms. The van der Waals surface area contributed by atoms with E-state index in [9.17, 15) is 4.79 Å². The number of hydrogen-bond acceptors (Lipinski definition) is 3. The Kier molecular flexibility index (Phi) is 6.46. The van der Waals surface area contributed by atoms with Gasteiger partial charge >= 0.3 is 0 Å². The molecule has 0 saturated heterocycles. The maximum absolute atomic E-state index is 13.4. The molecule has 0 aliphatic heterocycles. The number of aryl methyl sites for hydroxylation is 1. The van der Waals surface area contributed by atoms with Gasteiger partial charge in [-0.15, -0.1) is 0 Å². The van der Waals surface area contributed by atoms with Crippen LogP contribution in [0.2, 0.25) is 0 Å². The van der Waals surface area contributed by atoms with Crippen LogP contribution in [-0.4, -0.2) is 31.9 Å². The topological polar surface area (TPSA) is 51.0 Å². The molecule has 0 spiro atoms. The molecule has 1 aliphatic carbocycles. The smallest absolute Gasteiger partial charge is 0.254 e. The van der Waals surface area contributed by atoms with Crippen molar-refractivity contribution in [1.29, 1.82) is 0 Å². The van der Waals surface area contributed by atoms with Crippen LogP contribution >= 0.6 is 0 Å². The van der Waals surface area contributed by atoms with Crippen molar-refractivity contribution in [3.8, 4) is 0 Å². The zero-order valence-electron chi connectivity index (χ0n) is 18.2. The molecule has 2 heterocycles. The van der Waals surface area contributed by atoms with E-state index in [2.05, 4.69) is 16.5 Å². The van der Waals surface area contributed by atoms with E-state index in [1.807, 2.05) is 54.4 Å². The molecule has 5 heteroatoms. The number of nitrogens with zero attached hydrogens (tertiary/aromatic N) is 4. The van der Waals surface area contributed by atoms with Crippen molar-refractivity contribution >= 4 is 17.1 Å². The number of amides is 1. The van der Waals surface area contributed by atoms with Crippen molar-refractivity contribution in [2.45, 2.75) is 71.4 Å². The number of carbonyl (C=O) groups is 1. The Morgan fingerprint density at radius 2 is 1.90 bits per heavy atom. The highest BCUT2D eigenvalue weighted by molar-refractivity contribution is 5.94. The summed E-state index contributed by atoms with van der Waals surface area (Å²) in [7, 11) is 0. The van der Waals surface area contributed by atoms with Crippen LogP contribution in [0.5, 0.6) is 0 Å². The second-order valence-electron chi connectivity index (χ2n) is 8.48. The lowest BCUT2D eigenvalue weighted by Gasteiger charge is -2.24. The van der Waals surface area contributed by atoms with Gasteiger partial charge < -0.3 is 9.47 Å². The number of hydrogen-bond donors (Lipinski definition) is 0. The van der Waals surface area contributed by atoms with Gasteiger partial charge in [-0.3, -0.25) is 4.79 Å². The van der Waals surface area contributed by atoms with E-state index in [1.54, 1.807) is 0 Å². The van der Waals surface area contributed by atoms with Crippen LogP contribution in [0.3, 0.4) is 0 Å². The van der Waals surface area contributed by atoms with E-state index >= 15 is 0 Å². The zero-order chi connectivity index (χ0) is 20.9. The molecule has 2 aromatic heterocycles. The molecule has 1 aromatic carbocycles. The number of pyridine rings is 1. The molecule has 1 saturated carbocycles. The minimum Gasteiger partial charge on any atom is -0.331 e. The Morgan fingerprint density at radius 1 is 1.13 bits per heavy atom. The SMILES string of the molecule is CCCCCN(Cc1nc2cccnc2n1C1CCCC1)C(=O)c1ccc(C)cc1. The van der Waals surface area contributed by atoms with Crippen LogP contribution in [0.1, 0.15) is 79.7 Å². The molecule has 0 unspecified atom stereocenters. The summed E-state index contributed by atoms with van der Waals surface area (Å²) >= 11 is 0. The van der Waals surface area contributed by atoms with Crippen molar-refractivity contribution in [2.75, 3.05) is 6.54 Å². The zero-order valence-corrected chi connectivity index (χ0v) is 18.2. The van der Waals surface area contributed by atoms with Crippen LogP contribution < -0.4 is 0 Å². The summed E-state index contributed by atoms with van der Waals surface area (Å²) in [6.45, 7) is 5.52. The Balaban J connectivity index is 1.66. The molecule has 30 heavy (non-hydrogen) atoms. The Bertz CT molecular complexity index is 986. The highest BCUT2D eigenvalue weighted by Crippen LogP contribution is 2.33. The number of unbranched alkanes of at least 4 members (excludes halogenated alkanes) is 2.